The molecule has 0 bridgehead atoms. The Morgan fingerprint density at radius 2 is 1.80 bits per heavy atom. The SMILES string of the molecule is CC(C)Oc1ccc(NC(N)=NCCN(C)Cc2ccccc2)cc1. The zero-order valence-electron chi connectivity index (χ0n) is 15.3. The maximum absolute atomic E-state index is 5.95. The number of likely N-dealkylation sites (N-methyl/N-ethyl adjacent to an activating group) is 1. The van der Waals surface area contributed by atoms with E-state index in [4.69, 9.17) is 10.5 Å². The lowest BCUT2D eigenvalue weighted by atomic mass is 10.2. The van der Waals surface area contributed by atoms with Crippen LogP contribution in [-0.2, 0) is 6.54 Å². The topological polar surface area (TPSA) is 62.9 Å². The van der Waals surface area contributed by atoms with Gasteiger partial charge >= 0.3 is 0 Å². The minimum Gasteiger partial charge on any atom is -0.491 e. The first-order chi connectivity index (χ1) is 12.0. The first-order valence-corrected chi connectivity index (χ1v) is 8.59. The molecular formula is C20H28N4O. The van der Waals surface area contributed by atoms with Crippen molar-refractivity contribution in [2.75, 3.05) is 25.5 Å². The zero-order valence-corrected chi connectivity index (χ0v) is 15.3. The standard InChI is InChI=1S/C20H28N4O/c1-16(2)25-19-11-9-18(10-12-19)23-20(21)22-13-14-24(3)15-17-7-5-4-6-8-17/h4-12,16H,13-15H2,1-3H3,(H3,21,22,23). The number of nitrogens with zero attached hydrogens (tertiary/aromatic N) is 2. The highest BCUT2D eigenvalue weighted by atomic mass is 16.5. The van der Waals surface area contributed by atoms with Gasteiger partial charge < -0.3 is 20.7 Å². The van der Waals surface area contributed by atoms with Gasteiger partial charge in [-0.3, -0.25) is 4.99 Å². The minimum absolute atomic E-state index is 0.165. The maximum atomic E-state index is 5.95. The molecule has 0 atom stereocenters. The van der Waals surface area contributed by atoms with Crippen LogP contribution in [0.25, 0.3) is 0 Å². The van der Waals surface area contributed by atoms with Crippen LogP contribution in [0.2, 0.25) is 0 Å². The Hall–Kier alpha value is -2.53. The lowest BCUT2D eigenvalue weighted by molar-refractivity contribution is 0.242. The van der Waals surface area contributed by atoms with Crippen molar-refractivity contribution in [3.8, 4) is 5.75 Å². The molecule has 0 unspecified atom stereocenters. The highest BCUT2D eigenvalue weighted by molar-refractivity contribution is 5.92. The van der Waals surface area contributed by atoms with Crippen LogP contribution in [0.3, 0.4) is 0 Å². The number of rotatable bonds is 8. The van der Waals surface area contributed by atoms with Gasteiger partial charge in [0.1, 0.15) is 5.75 Å². The summed E-state index contributed by atoms with van der Waals surface area (Å²) in [7, 11) is 2.08. The van der Waals surface area contributed by atoms with E-state index in [-0.39, 0.29) is 6.10 Å². The van der Waals surface area contributed by atoms with Crippen LogP contribution < -0.4 is 15.8 Å². The Bertz CT molecular complexity index is 653. The maximum Gasteiger partial charge on any atom is 0.193 e. The molecule has 3 N–H and O–H groups in total. The molecule has 5 nitrogen and oxygen atoms in total. The van der Waals surface area contributed by atoms with Gasteiger partial charge in [0.05, 0.1) is 12.6 Å². The van der Waals surface area contributed by atoms with Crippen molar-refractivity contribution >= 4 is 11.6 Å². The molecule has 25 heavy (non-hydrogen) atoms. The van der Waals surface area contributed by atoms with Gasteiger partial charge in [0.2, 0.25) is 0 Å². The predicted octanol–water partition coefficient (Wildman–Crippen LogP) is 3.33. The van der Waals surface area contributed by atoms with Gasteiger partial charge in [-0.25, -0.2) is 0 Å². The third-order valence-electron chi connectivity index (χ3n) is 3.56. The van der Waals surface area contributed by atoms with Crippen molar-refractivity contribution in [3.05, 3.63) is 60.2 Å². The molecule has 0 aliphatic heterocycles. The molecule has 0 aliphatic carbocycles. The Morgan fingerprint density at radius 1 is 1.12 bits per heavy atom. The quantitative estimate of drug-likeness (QED) is 0.571. The van der Waals surface area contributed by atoms with Gasteiger partial charge in [0, 0.05) is 18.8 Å². The molecule has 2 rings (SSSR count). The third-order valence-corrected chi connectivity index (χ3v) is 3.56. The Morgan fingerprint density at radius 3 is 2.44 bits per heavy atom. The zero-order chi connectivity index (χ0) is 18.1. The highest BCUT2D eigenvalue weighted by Crippen LogP contribution is 2.16. The summed E-state index contributed by atoms with van der Waals surface area (Å²) >= 11 is 0. The largest absolute Gasteiger partial charge is 0.491 e. The summed E-state index contributed by atoms with van der Waals surface area (Å²) in [5.41, 5.74) is 8.15. The van der Waals surface area contributed by atoms with Crippen molar-refractivity contribution in [1.29, 1.82) is 0 Å². The average molecular weight is 340 g/mol. The van der Waals surface area contributed by atoms with E-state index in [0.29, 0.717) is 12.5 Å². The van der Waals surface area contributed by atoms with Crippen LogP contribution in [0.1, 0.15) is 19.4 Å². The molecule has 0 radical (unpaired) electrons. The minimum atomic E-state index is 0.165. The molecule has 0 amide bonds. The van der Waals surface area contributed by atoms with E-state index >= 15 is 0 Å². The first kappa shape index (κ1) is 18.8. The van der Waals surface area contributed by atoms with Gasteiger partial charge in [-0.1, -0.05) is 30.3 Å². The molecule has 0 spiro atoms. The van der Waals surface area contributed by atoms with Gasteiger partial charge in [0.15, 0.2) is 5.96 Å². The monoisotopic (exact) mass is 340 g/mol. The molecule has 0 heterocycles. The van der Waals surface area contributed by atoms with Crippen molar-refractivity contribution in [1.82, 2.24) is 4.90 Å². The van der Waals surface area contributed by atoms with Gasteiger partial charge in [-0.05, 0) is 50.7 Å². The van der Waals surface area contributed by atoms with Crippen LogP contribution >= 0.6 is 0 Å². The van der Waals surface area contributed by atoms with E-state index in [1.54, 1.807) is 0 Å². The molecule has 2 aromatic carbocycles. The van der Waals surface area contributed by atoms with Gasteiger partial charge in [0.25, 0.3) is 0 Å². The van der Waals surface area contributed by atoms with Crippen LogP contribution in [0.4, 0.5) is 5.69 Å². The van der Waals surface area contributed by atoms with Gasteiger partial charge in [-0.15, -0.1) is 0 Å². The third kappa shape index (κ3) is 7.27. The predicted molar refractivity (Wildman–Crippen MR) is 105 cm³/mol. The molecular weight excluding hydrogens is 312 g/mol. The van der Waals surface area contributed by atoms with Crippen LogP contribution in [0, 0.1) is 0 Å². The molecule has 0 saturated heterocycles. The molecule has 5 heteroatoms. The Labute approximate surface area is 150 Å². The molecule has 2 aromatic rings. The fraction of sp³-hybridized carbons (Fsp3) is 0.350. The fourth-order valence-electron chi connectivity index (χ4n) is 2.39. The summed E-state index contributed by atoms with van der Waals surface area (Å²) < 4.78 is 5.62. The lowest BCUT2D eigenvalue weighted by Crippen LogP contribution is -2.26. The normalized spacial score (nSPS) is 11.8. The Balaban J connectivity index is 1.75. The van der Waals surface area contributed by atoms with Crippen LogP contribution in [-0.4, -0.2) is 37.1 Å². The number of nitrogens with two attached hydrogens (primary N) is 1. The summed E-state index contributed by atoms with van der Waals surface area (Å²) in [6, 6.07) is 18.1. The highest BCUT2D eigenvalue weighted by Gasteiger charge is 2.01. The van der Waals surface area contributed by atoms with E-state index in [0.717, 1.165) is 24.5 Å². The van der Waals surface area contributed by atoms with E-state index < -0.39 is 0 Å². The number of hydrogen-bond acceptors (Lipinski definition) is 3. The molecule has 0 aromatic heterocycles. The van der Waals surface area contributed by atoms with Gasteiger partial charge in [-0.2, -0.15) is 0 Å². The van der Waals surface area contributed by atoms with Crippen molar-refractivity contribution < 1.29 is 4.74 Å². The number of anilines is 1. The van der Waals surface area contributed by atoms with E-state index in [2.05, 4.69) is 46.5 Å². The number of aliphatic imine (C=N–C) groups is 1. The lowest BCUT2D eigenvalue weighted by Gasteiger charge is -2.15. The first-order valence-electron chi connectivity index (χ1n) is 8.59. The number of benzene rings is 2. The van der Waals surface area contributed by atoms with E-state index in [1.165, 1.54) is 5.56 Å². The molecule has 134 valence electrons. The summed E-state index contributed by atoms with van der Waals surface area (Å²) in [4.78, 5) is 6.61. The second-order valence-electron chi connectivity index (χ2n) is 6.31. The average Bonchev–Trinajstić information content (AvgIpc) is 2.57. The van der Waals surface area contributed by atoms with E-state index in [1.807, 2.05) is 44.2 Å². The summed E-state index contributed by atoms with van der Waals surface area (Å²) in [6.07, 6.45) is 0.165. The summed E-state index contributed by atoms with van der Waals surface area (Å²) in [5.74, 6) is 1.27. The molecule has 0 saturated carbocycles. The number of guanidine groups is 1. The Kier molecular flexibility index (Phi) is 7.29. The fourth-order valence-corrected chi connectivity index (χ4v) is 2.39. The van der Waals surface area contributed by atoms with Crippen LogP contribution in [0.15, 0.2) is 59.6 Å². The molecule has 0 aliphatic rings. The smallest absolute Gasteiger partial charge is 0.193 e. The summed E-state index contributed by atoms with van der Waals surface area (Å²) in [6.45, 7) is 6.41. The number of hydrogen-bond donors (Lipinski definition) is 2. The van der Waals surface area contributed by atoms with E-state index in [9.17, 15) is 0 Å². The number of ether oxygens (including phenoxy) is 1. The number of nitrogens with one attached hydrogen (secondary N) is 1. The molecule has 0 fully saturated rings. The van der Waals surface area contributed by atoms with Crippen LogP contribution in [0.5, 0.6) is 5.75 Å². The second kappa shape index (κ2) is 9.69. The second-order valence-corrected chi connectivity index (χ2v) is 6.31. The summed E-state index contributed by atoms with van der Waals surface area (Å²) in [5, 5.41) is 3.10. The van der Waals surface area contributed by atoms with Crippen molar-refractivity contribution in [3.63, 3.8) is 0 Å². The van der Waals surface area contributed by atoms with Crippen molar-refractivity contribution in [2.45, 2.75) is 26.5 Å². The van der Waals surface area contributed by atoms with Crippen molar-refractivity contribution in [2.24, 2.45) is 10.7 Å².